The smallest absolute Gasteiger partial charge is 0.328 e. The summed E-state index contributed by atoms with van der Waals surface area (Å²) in [5, 5.41) is 18.1. The van der Waals surface area contributed by atoms with E-state index in [9.17, 15) is 9.90 Å². The zero-order chi connectivity index (χ0) is 13.2. The molecule has 0 spiro atoms. The number of phenolic OH excluding ortho intramolecular Hbond substituents is 1. The molecule has 14 heavy (non-hydrogen) atoms. The lowest BCUT2D eigenvalue weighted by Crippen LogP contribution is -1.86. The number of hydrogen-bond donors (Lipinski definition) is 2. The van der Waals surface area contributed by atoms with Gasteiger partial charge in [0.2, 0.25) is 0 Å². The summed E-state index contributed by atoms with van der Waals surface area (Å²) in [6, 6.07) is 0.524. The van der Waals surface area contributed by atoms with Gasteiger partial charge < -0.3 is 14.9 Å². The Labute approximate surface area is 85.3 Å². The van der Waals surface area contributed by atoms with E-state index in [0.717, 1.165) is 0 Å². The van der Waals surface area contributed by atoms with Crippen molar-refractivity contribution < 1.29 is 23.9 Å². The van der Waals surface area contributed by atoms with Gasteiger partial charge in [0, 0.05) is 6.05 Å². The van der Waals surface area contributed by atoms with Crippen LogP contribution in [0.15, 0.2) is 24.2 Å². The fourth-order valence-corrected chi connectivity index (χ4v) is 0.827. The molecule has 0 heterocycles. The minimum Gasteiger partial charge on any atom is -0.504 e. The van der Waals surface area contributed by atoms with Crippen LogP contribution >= 0.6 is 0 Å². The molecule has 0 aliphatic carbocycles. The number of aliphatic carboxylic acids is 1. The van der Waals surface area contributed by atoms with Crippen LogP contribution in [0.2, 0.25) is 0 Å². The Balaban J connectivity index is 3.40. The van der Waals surface area contributed by atoms with Crippen molar-refractivity contribution in [2.24, 2.45) is 0 Å². The average Bonchev–Trinajstić information content (AvgIpc) is 2.30. The van der Waals surface area contributed by atoms with Crippen LogP contribution in [-0.2, 0) is 4.79 Å². The van der Waals surface area contributed by atoms with Gasteiger partial charge in [0.25, 0.3) is 0 Å². The number of phenols is 1. The van der Waals surface area contributed by atoms with Crippen molar-refractivity contribution in [3.8, 4) is 11.5 Å². The molecule has 0 saturated carbocycles. The lowest BCUT2D eigenvalue weighted by molar-refractivity contribution is -0.131. The van der Waals surface area contributed by atoms with Gasteiger partial charge in [-0.25, -0.2) is 4.79 Å². The summed E-state index contributed by atoms with van der Waals surface area (Å²) in [6.07, 6.45) is 0. The van der Waals surface area contributed by atoms with E-state index in [4.69, 9.17) is 14.0 Å². The SMILES string of the molecule is [2H]C(C(=O)O)=C([2H])c1ccc(OC)c(O)c1[2H]. The number of carbonyl (C=O) groups is 1. The van der Waals surface area contributed by atoms with Gasteiger partial charge in [-0.05, 0) is 23.7 Å². The molecule has 0 amide bonds. The van der Waals surface area contributed by atoms with E-state index in [-0.39, 0.29) is 11.3 Å². The van der Waals surface area contributed by atoms with Crippen molar-refractivity contribution in [3.05, 3.63) is 29.8 Å². The third kappa shape index (κ3) is 2.52. The minimum atomic E-state index is -1.57. The first-order chi connectivity index (χ1) is 7.90. The number of carboxylic acids is 1. The minimum absolute atomic E-state index is 0.0494. The van der Waals surface area contributed by atoms with Gasteiger partial charge >= 0.3 is 5.97 Å². The first-order valence-corrected chi connectivity index (χ1v) is 3.67. The van der Waals surface area contributed by atoms with E-state index >= 15 is 0 Å². The second kappa shape index (κ2) is 4.32. The molecule has 1 aromatic carbocycles. The summed E-state index contributed by atoms with van der Waals surface area (Å²) in [7, 11) is 1.30. The summed E-state index contributed by atoms with van der Waals surface area (Å²) in [4.78, 5) is 10.5. The lowest BCUT2D eigenvalue weighted by atomic mass is 10.2. The van der Waals surface area contributed by atoms with Crippen LogP contribution in [0.3, 0.4) is 0 Å². The first kappa shape index (κ1) is 6.48. The number of benzene rings is 1. The number of hydrogen-bond acceptors (Lipinski definition) is 3. The maximum atomic E-state index is 10.5. The fraction of sp³-hybridized carbons (Fsp3) is 0.100. The van der Waals surface area contributed by atoms with Crippen molar-refractivity contribution in [1.29, 1.82) is 0 Å². The Kier molecular flexibility index (Phi) is 2.00. The first-order valence-electron chi connectivity index (χ1n) is 5.17. The molecular formula is C10H10O4. The summed E-state index contributed by atoms with van der Waals surface area (Å²) in [5.41, 5.74) is -0.143. The molecule has 1 aromatic rings. The van der Waals surface area contributed by atoms with Crippen molar-refractivity contribution in [2.45, 2.75) is 0 Å². The van der Waals surface area contributed by atoms with Gasteiger partial charge in [0.05, 0.1) is 11.2 Å². The van der Waals surface area contributed by atoms with Crippen molar-refractivity contribution in [2.75, 3.05) is 7.11 Å². The van der Waals surface area contributed by atoms with Crippen molar-refractivity contribution in [3.63, 3.8) is 0 Å². The maximum absolute atomic E-state index is 10.5. The molecule has 0 radical (unpaired) electrons. The largest absolute Gasteiger partial charge is 0.504 e. The number of carboxylic acid groups (broad SMARTS) is 1. The van der Waals surface area contributed by atoms with Gasteiger partial charge in [-0.1, -0.05) is 6.07 Å². The molecule has 0 fully saturated rings. The molecule has 2 N–H and O–H groups in total. The average molecular weight is 197 g/mol. The maximum Gasteiger partial charge on any atom is 0.328 e. The standard InChI is InChI=1S/C10H10O4/c1-14-9-4-2-7(6-8(9)11)3-5-10(12)13/h2-6,11H,1H3,(H,12,13)/i3D,5D,6D. The molecule has 0 aromatic heterocycles. The highest BCUT2D eigenvalue weighted by Gasteiger charge is 2.00. The molecule has 74 valence electrons. The second-order valence-corrected chi connectivity index (χ2v) is 2.34. The van der Waals surface area contributed by atoms with E-state index in [0.29, 0.717) is 0 Å². The molecule has 0 atom stereocenters. The summed E-state index contributed by atoms with van der Waals surface area (Å²) in [5.74, 6) is -2.01. The quantitative estimate of drug-likeness (QED) is 0.720. The molecule has 4 heteroatoms. The van der Waals surface area contributed by atoms with Gasteiger partial charge in [-0.15, -0.1) is 0 Å². The van der Waals surface area contributed by atoms with Gasteiger partial charge in [-0.3, -0.25) is 0 Å². The molecular weight excluding hydrogens is 184 g/mol. The highest BCUT2D eigenvalue weighted by molar-refractivity contribution is 5.85. The fourth-order valence-electron chi connectivity index (χ4n) is 0.827. The zero-order valence-electron chi connectivity index (χ0n) is 10.4. The van der Waals surface area contributed by atoms with Crippen LogP contribution in [0.25, 0.3) is 6.05 Å². The molecule has 0 bridgehead atoms. The highest BCUT2D eigenvalue weighted by atomic mass is 16.5. The predicted octanol–water partition coefficient (Wildman–Crippen LogP) is 1.50. The van der Waals surface area contributed by atoms with Gasteiger partial charge in [-0.2, -0.15) is 0 Å². The molecule has 4 nitrogen and oxygen atoms in total. The third-order valence-electron chi connectivity index (χ3n) is 1.41. The zero-order valence-corrected chi connectivity index (χ0v) is 7.37. The molecule has 1 rings (SSSR count). The van der Waals surface area contributed by atoms with Crippen molar-refractivity contribution in [1.82, 2.24) is 0 Å². The topological polar surface area (TPSA) is 66.8 Å². The number of rotatable bonds is 3. The molecule has 0 aliphatic heterocycles. The van der Waals surface area contributed by atoms with Gasteiger partial charge in [0.1, 0.15) is 0 Å². The monoisotopic (exact) mass is 197 g/mol. The van der Waals surface area contributed by atoms with Crippen LogP contribution in [0.4, 0.5) is 0 Å². The van der Waals surface area contributed by atoms with Crippen LogP contribution in [0.5, 0.6) is 11.5 Å². The third-order valence-corrected chi connectivity index (χ3v) is 1.41. The number of methoxy groups -OCH3 is 1. The number of aromatic hydroxyl groups is 1. The van der Waals surface area contributed by atoms with E-state index in [1.807, 2.05) is 0 Å². The van der Waals surface area contributed by atoms with E-state index in [1.165, 1.54) is 19.2 Å². The van der Waals surface area contributed by atoms with Crippen molar-refractivity contribution >= 4 is 12.0 Å². The Morgan fingerprint density at radius 3 is 3.00 bits per heavy atom. The van der Waals surface area contributed by atoms with Crippen LogP contribution in [0.1, 0.15) is 9.68 Å². The Morgan fingerprint density at radius 1 is 1.71 bits per heavy atom. The summed E-state index contributed by atoms with van der Waals surface area (Å²) in [6.45, 7) is 0. The van der Waals surface area contributed by atoms with Crippen LogP contribution < -0.4 is 4.74 Å². The Bertz CT molecular complexity index is 497. The second-order valence-electron chi connectivity index (χ2n) is 2.34. The van der Waals surface area contributed by atoms with Crippen LogP contribution in [-0.4, -0.2) is 23.3 Å². The number of ether oxygens (including phenoxy) is 1. The normalized spacial score (nSPS) is 14.8. The Hall–Kier alpha value is -1.97. The molecule has 0 saturated heterocycles. The van der Waals surface area contributed by atoms with E-state index in [2.05, 4.69) is 0 Å². The highest BCUT2D eigenvalue weighted by Crippen LogP contribution is 2.26. The lowest BCUT2D eigenvalue weighted by Gasteiger charge is -2.02. The van der Waals surface area contributed by atoms with E-state index in [1.54, 1.807) is 0 Å². The molecule has 0 unspecified atom stereocenters. The van der Waals surface area contributed by atoms with E-state index < -0.39 is 29.9 Å². The summed E-state index contributed by atoms with van der Waals surface area (Å²) < 4.78 is 26.9. The van der Waals surface area contributed by atoms with Gasteiger partial charge in [0.15, 0.2) is 11.5 Å². The molecule has 0 aliphatic rings. The van der Waals surface area contributed by atoms with Crippen LogP contribution in [0, 0.1) is 0 Å². The Morgan fingerprint density at radius 2 is 2.43 bits per heavy atom. The summed E-state index contributed by atoms with van der Waals surface area (Å²) >= 11 is 0. The predicted molar refractivity (Wildman–Crippen MR) is 51.3 cm³/mol.